The maximum absolute atomic E-state index is 11.7. The van der Waals surface area contributed by atoms with Crippen LogP contribution in [0, 0.1) is 0 Å². The summed E-state index contributed by atoms with van der Waals surface area (Å²) in [7, 11) is 1.71. The lowest BCUT2D eigenvalue weighted by atomic mass is 10.2. The predicted octanol–water partition coefficient (Wildman–Crippen LogP) is 0.721. The van der Waals surface area contributed by atoms with Crippen molar-refractivity contribution in [3.8, 4) is 5.88 Å². The number of likely N-dealkylation sites (N-methyl/N-ethyl adjacent to an activating group) is 1. The van der Waals surface area contributed by atoms with Gasteiger partial charge in [-0.05, 0) is 7.05 Å². The van der Waals surface area contributed by atoms with Gasteiger partial charge in [-0.25, -0.2) is 4.68 Å². The van der Waals surface area contributed by atoms with Crippen molar-refractivity contribution in [3.05, 3.63) is 10.7 Å². The van der Waals surface area contributed by atoms with Gasteiger partial charge in [-0.2, -0.15) is 5.10 Å². The summed E-state index contributed by atoms with van der Waals surface area (Å²) in [5.74, 6) is 0.414. The number of nitrogens with one attached hydrogen (secondary N) is 1. The van der Waals surface area contributed by atoms with E-state index in [2.05, 4.69) is 10.4 Å². The molecule has 0 bridgehead atoms. The first-order valence-electron chi connectivity index (χ1n) is 4.81. The van der Waals surface area contributed by atoms with E-state index in [1.807, 2.05) is 0 Å². The lowest BCUT2D eigenvalue weighted by molar-refractivity contribution is 0.0987. The van der Waals surface area contributed by atoms with Gasteiger partial charge in [-0.1, -0.05) is 11.6 Å². The van der Waals surface area contributed by atoms with Crippen LogP contribution in [0.1, 0.15) is 16.8 Å². The second-order valence-electron chi connectivity index (χ2n) is 3.35. The first-order valence-corrected chi connectivity index (χ1v) is 5.18. The number of aromatic nitrogens is 2. The Balaban J connectivity index is 2.37. The van der Waals surface area contributed by atoms with E-state index >= 15 is 0 Å². The topological polar surface area (TPSA) is 56.2 Å². The number of carbonyl (C=O) groups is 1. The maximum Gasteiger partial charge on any atom is 0.224 e. The summed E-state index contributed by atoms with van der Waals surface area (Å²) in [5.41, 5.74) is 0.394. The standard InChI is InChI=1S/C9H12ClN3O2/c1-11-5-6(14)7-8(10)12-13-3-2-4-15-9(7)13/h11H,2-5H2,1H3. The van der Waals surface area contributed by atoms with Gasteiger partial charge in [0.2, 0.25) is 5.88 Å². The largest absolute Gasteiger partial charge is 0.477 e. The lowest BCUT2D eigenvalue weighted by Gasteiger charge is -2.15. The summed E-state index contributed by atoms with van der Waals surface area (Å²) < 4.78 is 7.06. The van der Waals surface area contributed by atoms with Crippen molar-refractivity contribution in [1.29, 1.82) is 0 Å². The molecule has 1 N–H and O–H groups in total. The summed E-state index contributed by atoms with van der Waals surface area (Å²) in [5, 5.41) is 7.08. The Hall–Kier alpha value is -1.07. The monoisotopic (exact) mass is 229 g/mol. The number of carbonyl (C=O) groups excluding carboxylic acids is 1. The fourth-order valence-corrected chi connectivity index (χ4v) is 1.86. The molecule has 15 heavy (non-hydrogen) atoms. The minimum atomic E-state index is -0.0920. The SMILES string of the molecule is CNCC(=O)c1c(Cl)nn2c1OCCC2. The van der Waals surface area contributed by atoms with E-state index in [4.69, 9.17) is 16.3 Å². The molecule has 82 valence electrons. The molecule has 0 aliphatic carbocycles. The van der Waals surface area contributed by atoms with E-state index in [1.54, 1.807) is 11.7 Å². The summed E-state index contributed by atoms with van der Waals surface area (Å²) in [6.45, 7) is 1.60. The minimum absolute atomic E-state index is 0.0920. The highest BCUT2D eigenvalue weighted by Crippen LogP contribution is 2.29. The fourth-order valence-electron chi connectivity index (χ4n) is 1.58. The molecule has 0 fully saturated rings. The minimum Gasteiger partial charge on any atom is -0.477 e. The first kappa shape index (κ1) is 10.4. The van der Waals surface area contributed by atoms with Gasteiger partial charge in [0, 0.05) is 13.0 Å². The van der Waals surface area contributed by atoms with Crippen molar-refractivity contribution in [2.75, 3.05) is 20.2 Å². The van der Waals surface area contributed by atoms with Crippen molar-refractivity contribution >= 4 is 17.4 Å². The van der Waals surface area contributed by atoms with Crippen LogP contribution >= 0.6 is 11.6 Å². The van der Waals surface area contributed by atoms with E-state index in [1.165, 1.54) is 0 Å². The summed E-state index contributed by atoms with van der Waals surface area (Å²) in [6, 6.07) is 0. The highest BCUT2D eigenvalue weighted by Gasteiger charge is 2.25. The van der Waals surface area contributed by atoms with Crippen LogP contribution in [0.25, 0.3) is 0 Å². The Morgan fingerprint density at radius 3 is 3.27 bits per heavy atom. The molecule has 1 aliphatic heterocycles. The second-order valence-corrected chi connectivity index (χ2v) is 3.71. The molecule has 2 rings (SSSR count). The van der Waals surface area contributed by atoms with Gasteiger partial charge in [0.1, 0.15) is 5.56 Å². The molecule has 0 radical (unpaired) electrons. The number of halogens is 1. The molecule has 2 heterocycles. The van der Waals surface area contributed by atoms with E-state index in [0.717, 1.165) is 13.0 Å². The molecule has 0 saturated heterocycles. The molecule has 5 nitrogen and oxygen atoms in total. The molecule has 1 aromatic rings. The third-order valence-corrected chi connectivity index (χ3v) is 2.50. The second kappa shape index (κ2) is 4.20. The molecule has 0 atom stereocenters. The van der Waals surface area contributed by atoms with Gasteiger partial charge in [0.05, 0.1) is 13.2 Å². The van der Waals surface area contributed by atoms with Crippen LogP contribution in [0.15, 0.2) is 0 Å². The third-order valence-electron chi connectivity index (χ3n) is 2.23. The number of ether oxygens (including phenoxy) is 1. The van der Waals surface area contributed by atoms with Crippen LogP contribution in [-0.4, -0.2) is 35.8 Å². The molecular formula is C9H12ClN3O2. The number of hydrogen-bond donors (Lipinski definition) is 1. The van der Waals surface area contributed by atoms with Crippen molar-refractivity contribution in [2.24, 2.45) is 0 Å². The van der Waals surface area contributed by atoms with Crippen LogP contribution < -0.4 is 10.1 Å². The van der Waals surface area contributed by atoms with Crippen molar-refractivity contribution < 1.29 is 9.53 Å². The summed E-state index contributed by atoms with van der Waals surface area (Å²) >= 11 is 5.91. The Bertz CT molecular complexity index is 389. The average molecular weight is 230 g/mol. The van der Waals surface area contributed by atoms with E-state index in [0.29, 0.717) is 18.1 Å². The normalized spacial score (nSPS) is 14.5. The van der Waals surface area contributed by atoms with Gasteiger partial charge in [-0.3, -0.25) is 4.79 Å². The van der Waals surface area contributed by atoms with Crippen LogP contribution in [0.3, 0.4) is 0 Å². The van der Waals surface area contributed by atoms with Crippen LogP contribution in [0.5, 0.6) is 5.88 Å². The number of nitrogens with zero attached hydrogens (tertiary/aromatic N) is 2. The van der Waals surface area contributed by atoms with Gasteiger partial charge < -0.3 is 10.1 Å². The summed E-state index contributed by atoms with van der Waals surface area (Å²) in [6.07, 6.45) is 0.894. The number of hydrogen-bond acceptors (Lipinski definition) is 4. The Morgan fingerprint density at radius 1 is 1.73 bits per heavy atom. The summed E-state index contributed by atoms with van der Waals surface area (Å²) in [4.78, 5) is 11.7. The number of rotatable bonds is 3. The zero-order chi connectivity index (χ0) is 10.8. The zero-order valence-electron chi connectivity index (χ0n) is 8.42. The predicted molar refractivity (Wildman–Crippen MR) is 55.6 cm³/mol. The molecule has 1 aliphatic rings. The number of aryl methyl sites for hydroxylation is 1. The zero-order valence-corrected chi connectivity index (χ0v) is 9.17. The van der Waals surface area contributed by atoms with Crippen molar-refractivity contribution in [1.82, 2.24) is 15.1 Å². The molecule has 6 heteroatoms. The van der Waals surface area contributed by atoms with E-state index in [9.17, 15) is 4.79 Å². The first-order chi connectivity index (χ1) is 7.24. The van der Waals surface area contributed by atoms with Crippen LogP contribution in [0.2, 0.25) is 5.15 Å². The molecule has 0 spiro atoms. The van der Waals surface area contributed by atoms with Crippen molar-refractivity contribution in [3.63, 3.8) is 0 Å². The average Bonchev–Trinajstić information content (AvgIpc) is 2.54. The lowest BCUT2D eigenvalue weighted by Crippen LogP contribution is -2.21. The molecule has 1 aromatic heterocycles. The number of fused-ring (bicyclic) bond motifs is 1. The van der Waals surface area contributed by atoms with Gasteiger partial charge in [0.15, 0.2) is 10.9 Å². The van der Waals surface area contributed by atoms with Crippen LogP contribution in [-0.2, 0) is 6.54 Å². The maximum atomic E-state index is 11.7. The van der Waals surface area contributed by atoms with Crippen molar-refractivity contribution in [2.45, 2.75) is 13.0 Å². The Labute approximate surface area is 92.4 Å². The van der Waals surface area contributed by atoms with E-state index in [-0.39, 0.29) is 17.5 Å². The van der Waals surface area contributed by atoms with E-state index < -0.39 is 0 Å². The van der Waals surface area contributed by atoms with Gasteiger partial charge in [0.25, 0.3) is 0 Å². The quantitative estimate of drug-likeness (QED) is 0.777. The molecule has 0 aromatic carbocycles. The fraction of sp³-hybridized carbons (Fsp3) is 0.556. The number of ketones is 1. The highest BCUT2D eigenvalue weighted by atomic mass is 35.5. The molecule has 0 amide bonds. The molecule has 0 unspecified atom stereocenters. The Kier molecular flexibility index (Phi) is 2.93. The van der Waals surface area contributed by atoms with Gasteiger partial charge in [-0.15, -0.1) is 0 Å². The van der Waals surface area contributed by atoms with Crippen LogP contribution in [0.4, 0.5) is 0 Å². The number of Topliss-reactive ketones (excluding diaryl/α,β-unsaturated/α-hetero) is 1. The Morgan fingerprint density at radius 2 is 2.53 bits per heavy atom. The third kappa shape index (κ3) is 1.85. The molecular weight excluding hydrogens is 218 g/mol. The highest BCUT2D eigenvalue weighted by molar-refractivity contribution is 6.33. The smallest absolute Gasteiger partial charge is 0.224 e. The molecule has 0 saturated carbocycles. The van der Waals surface area contributed by atoms with Gasteiger partial charge >= 0.3 is 0 Å².